The third kappa shape index (κ3) is 7.48. The number of hydrogen-bond donors (Lipinski definition) is 0. The number of hydrogen-bond acceptors (Lipinski definition) is 1. The number of halogens is 5. The Hall–Kier alpha value is -1.59. The molecule has 6 heteroatoms. The second-order valence-corrected chi connectivity index (χ2v) is 9.65. The lowest BCUT2D eigenvalue weighted by molar-refractivity contribution is -0.276. The van der Waals surface area contributed by atoms with Crippen molar-refractivity contribution in [2.24, 2.45) is 17.8 Å². The Bertz CT molecular complexity index is 718. The second kappa shape index (κ2) is 11.5. The van der Waals surface area contributed by atoms with Crippen LogP contribution in [0.3, 0.4) is 0 Å². The SMILES string of the molecule is CCCC=CC1CCC(CCC2CCC(c3cc(F)c(OC(F)(F)F)c(F)c3)CC2)CC1. The molecule has 32 heavy (non-hydrogen) atoms. The van der Waals surface area contributed by atoms with Crippen LogP contribution in [0.5, 0.6) is 5.75 Å². The van der Waals surface area contributed by atoms with Gasteiger partial charge in [0.1, 0.15) is 0 Å². The smallest absolute Gasteiger partial charge is 0.399 e. The van der Waals surface area contributed by atoms with Gasteiger partial charge in [0.05, 0.1) is 0 Å². The number of alkyl halides is 3. The Kier molecular flexibility index (Phi) is 9.01. The maximum Gasteiger partial charge on any atom is 0.573 e. The van der Waals surface area contributed by atoms with E-state index in [0.29, 0.717) is 11.5 Å². The third-order valence-electron chi connectivity index (χ3n) is 7.29. The fourth-order valence-electron chi connectivity index (χ4n) is 5.41. The van der Waals surface area contributed by atoms with Crippen LogP contribution in [0.2, 0.25) is 0 Å². The molecular weight excluding hydrogens is 423 g/mol. The van der Waals surface area contributed by atoms with Crippen molar-refractivity contribution < 1.29 is 26.7 Å². The molecule has 0 atom stereocenters. The van der Waals surface area contributed by atoms with Crippen LogP contribution in [0.25, 0.3) is 0 Å². The highest BCUT2D eigenvalue weighted by Gasteiger charge is 2.34. The Morgan fingerprint density at radius 1 is 0.875 bits per heavy atom. The minimum absolute atomic E-state index is 0.0134. The van der Waals surface area contributed by atoms with Crippen molar-refractivity contribution in [1.82, 2.24) is 0 Å². The van der Waals surface area contributed by atoms with E-state index in [9.17, 15) is 22.0 Å². The highest BCUT2D eigenvalue weighted by Crippen LogP contribution is 2.41. The van der Waals surface area contributed by atoms with Gasteiger partial charge in [0.15, 0.2) is 11.6 Å². The fraction of sp³-hybridized carbons (Fsp3) is 0.692. The number of benzene rings is 1. The second-order valence-electron chi connectivity index (χ2n) is 9.65. The first-order valence-corrected chi connectivity index (χ1v) is 12.2. The van der Waals surface area contributed by atoms with Gasteiger partial charge in [-0.15, -0.1) is 13.2 Å². The number of allylic oxidation sites excluding steroid dienone is 2. The van der Waals surface area contributed by atoms with Gasteiger partial charge in [0.2, 0.25) is 5.75 Å². The zero-order chi connectivity index (χ0) is 23.1. The zero-order valence-electron chi connectivity index (χ0n) is 18.9. The van der Waals surface area contributed by atoms with Crippen molar-refractivity contribution in [3.05, 3.63) is 41.5 Å². The van der Waals surface area contributed by atoms with Gasteiger partial charge in [-0.3, -0.25) is 0 Å². The molecule has 0 heterocycles. The normalized spacial score (nSPS) is 27.1. The maximum absolute atomic E-state index is 14.0. The molecule has 0 saturated heterocycles. The number of rotatable bonds is 8. The van der Waals surface area contributed by atoms with Crippen molar-refractivity contribution in [1.29, 1.82) is 0 Å². The molecular formula is C26H35F5O. The summed E-state index contributed by atoms with van der Waals surface area (Å²) in [4.78, 5) is 0. The summed E-state index contributed by atoms with van der Waals surface area (Å²) in [6.07, 6.45) is 13.3. The first-order valence-electron chi connectivity index (χ1n) is 12.2. The Morgan fingerprint density at radius 2 is 1.41 bits per heavy atom. The molecule has 0 spiro atoms. The van der Waals surface area contributed by atoms with Crippen LogP contribution in [0.4, 0.5) is 22.0 Å². The summed E-state index contributed by atoms with van der Waals surface area (Å²) in [5.41, 5.74) is 0.433. The molecule has 2 fully saturated rings. The summed E-state index contributed by atoms with van der Waals surface area (Å²) in [6, 6.07) is 2.01. The van der Waals surface area contributed by atoms with Crippen LogP contribution in [0.15, 0.2) is 24.3 Å². The van der Waals surface area contributed by atoms with Crippen molar-refractivity contribution in [3.63, 3.8) is 0 Å². The van der Waals surface area contributed by atoms with Crippen molar-refractivity contribution >= 4 is 0 Å². The quantitative estimate of drug-likeness (QED) is 0.279. The lowest BCUT2D eigenvalue weighted by Gasteiger charge is -2.31. The van der Waals surface area contributed by atoms with E-state index in [0.717, 1.165) is 49.7 Å². The van der Waals surface area contributed by atoms with Crippen molar-refractivity contribution in [2.75, 3.05) is 0 Å². The van der Waals surface area contributed by atoms with Gasteiger partial charge in [-0.25, -0.2) is 8.78 Å². The molecule has 3 rings (SSSR count). The Morgan fingerprint density at radius 3 is 1.91 bits per heavy atom. The summed E-state index contributed by atoms with van der Waals surface area (Å²) in [6.45, 7) is 2.20. The molecule has 1 aromatic carbocycles. The van der Waals surface area contributed by atoms with E-state index < -0.39 is 23.7 Å². The van der Waals surface area contributed by atoms with Gasteiger partial charge in [-0.05, 0) is 99.2 Å². The lowest BCUT2D eigenvalue weighted by Crippen LogP contribution is -2.20. The first-order chi connectivity index (χ1) is 15.2. The molecule has 0 bridgehead atoms. The van der Waals surface area contributed by atoms with E-state index in [-0.39, 0.29) is 5.92 Å². The summed E-state index contributed by atoms with van der Waals surface area (Å²) in [7, 11) is 0. The molecule has 0 aliphatic heterocycles. The summed E-state index contributed by atoms with van der Waals surface area (Å²) < 4.78 is 68.6. The van der Waals surface area contributed by atoms with Crippen LogP contribution in [-0.4, -0.2) is 6.36 Å². The van der Waals surface area contributed by atoms with Crippen LogP contribution < -0.4 is 4.74 Å². The van der Waals surface area contributed by atoms with E-state index in [2.05, 4.69) is 23.8 Å². The largest absolute Gasteiger partial charge is 0.573 e. The average Bonchev–Trinajstić information content (AvgIpc) is 2.75. The molecule has 2 saturated carbocycles. The van der Waals surface area contributed by atoms with E-state index in [1.807, 2.05) is 0 Å². The molecule has 2 aliphatic rings. The predicted octanol–water partition coefficient (Wildman–Crippen LogP) is 9.08. The number of unbranched alkanes of at least 4 members (excludes halogenated alkanes) is 1. The van der Waals surface area contributed by atoms with Crippen LogP contribution in [0, 0.1) is 29.4 Å². The van der Waals surface area contributed by atoms with E-state index in [1.165, 1.54) is 51.4 Å². The standard InChI is InChI=1S/C26H35F5O/c1-2-3-4-5-18-6-8-19(9-7-18)10-11-20-12-14-21(15-13-20)22-16-23(27)25(24(28)17-22)32-26(29,30)31/h4-5,16-21H,2-3,6-15H2,1H3. The topological polar surface area (TPSA) is 9.23 Å². The van der Waals surface area contributed by atoms with E-state index >= 15 is 0 Å². The number of ether oxygens (including phenoxy) is 1. The average molecular weight is 459 g/mol. The summed E-state index contributed by atoms with van der Waals surface area (Å²) >= 11 is 0. The highest BCUT2D eigenvalue weighted by molar-refractivity contribution is 5.33. The van der Waals surface area contributed by atoms with Gasteiger partial charge >= 0.3 is 6.36 Å². The van der Waals surface area contributed by atoms with Crippen LogP contribution in [0.1, 0.15) is 95.5 Å². The first kappa shape index (κ1) is 25.0. The Balaban J connectivity index is 1.42. The van der Waals surface area contributed by atoms with Gasteiger partial charge in [-0.1, -0.05) is 38.3 Å². The third-order valence-corrected chi connectivity index (χ3v) is 7.29. The summed E-state index contributed by atoms with van der Waals surface area (Å²) in [5.74, 6) is -1.77. The van der Waals surface area contributed by atoms with E-state index in [4.69, 9.17) is 0 Å². The van der Waals surface area contributed by atoms with Crippen molar-refractivity contribution in [3.8, 4) is 5.75 Å². The van der Waals surface area contributed by atoms with Crippen molar-refractivity contribution in [2.45, 2.75) is 96.3 Å². The minimum Gasteiger partial charge on any atom is -0.399 e. The van der Waals surface area contributed by atoms with Gasteiger partial charge in [0, 0.05) is 0 Å². The van der Waals surface area contributed by atoms with E-state index in [1.54, 1.807) is 0 Å². The highest BCUT2D eigenvalue weighted by atomic mass is 19.4. The molecule has 1 aromatic rings. The van der Waals surface area contributed by atoms with Crippen LogP contribution >= 0.6 is 0 Å². The maximum atomic E-state index is 14.0. The van der Waals surface area contributed by atoms with Crippen LogP contribution in [-0.2, 0) is 0 Å². The summed E-state index contributed by atoms with van der Waals surface area (Å²) in [5, 5.41) is 0. The fourth-order valence-corrected chi connectivity index (χ4v) is 5.41. The molecule has 0 amide bonds. The monoisotopic (exact) mass is 458 g/mol. The molecule has 0 N–H and O–H groups in total. The molecule has 2 aliphatic carbocycles. The minimum atomic E-state index is -5.12. The lowest BCUT2D eigenvalue weighted by atomic mass is 9.74. The van der Waals surface area contributed by atoms with Gasteiger partial charge < -0.3 is 4.74 Å². The van der Waals surface area contributed by atoms with Gasteiger partial charge in [-0.2, -0.15) is 0 Å². The molecule has 0 aromatic heterocycles. The Labute approximate surface area is 188 Å². The predicted molar refractivity (Wildman–Crippen MR) is 116 cm³/mol. The molecule has 180 valence electrons. The molecule has 0 unspecified atom stereocenters. The van der Waals surface area contributed by atoms with Gasteiger partial charge in [0.25, 0.3) is 0 Å². The molecule has 1 nitrogen and oxygen atoms in total. The zero-order valence-corrected chi connectivity index (χ0v) is 18.9. The molecule has 0 radical (unpaired) electrons.